The molecule has 17 heavy (non-hydrogen) atoms. The minimum absolute atomic E-state index is 0.450. The lowest BCUT2D eigenvalue weighted by molar-refractivity contribution is -0.141. The Kier molecular flexibility index (Phi) is 5.95. The molecule has 0 aromatic heterocycles. The number of likely N-dealkylation sites (N-methyl/N-ethyl adjacent to an activating group) is 1. The van der Waals surface area contributed by atoms with Gasteiger partial charge in [-0.3, -0.25) is 0 Å². The Bertz CT molecular complexity index is 272. The zero-order chi connectivity index (χ0) is 13.6. The second-order valence-corrected chi connectivity index (χ2v) is 5.34. The van der Waals surface area contributed by atoms with E-state index in [1.54, 1.807) is 20.8 Å². The molecule has 0 unspecified atom stereocenters. The van der Waals surface area contributed by atoms with Gasteiger partial charge in [-0.25, -0.2) is 9.59 Å². The Morgan fingerprint density at radius 3 is 2.18 bits per heavy atom. The summed E-state index contributed by atoms with van der Waals surface area (Å²) in [4.78, 5) is 24.4. The molecule has 0 aliphatic carbocycles. The molecule has 6 nitrogen and oxygen atoms in total. The summed E-state index contributed by atoms with van der Waals surface area (Å²) in [6, 6.07) is -1.35. The highest BCUT2D eigenvalue weighted by Gasteiger charge is 2.32. The third-order valence-corrected chi connectivity index (χ3v) is 2.23. The van der Waals surface area contributed by atoms with Crippen LogP contribution in [0.4, 0.5) is 4.79 Å². The van der Waals surface area contributed by atoms with Crippen LogP contribution in [0.25, 0.3) is 0 Å². The molecule has 6 heteroatoms. The Balaban J connectivity index is 4.20. The minimum Gasteiger partial charge on any atom is -0.480 e. The largest absolute Gasteiger partial charge is 0.480 e. The van der Waals surface area contributed by atoms with Crippen molar-refractivity contribution in [2.24, 2.45) is 5.41 Å². The number of carbonyl (C=O) groups excluding carboxylic acids is 1. The molecule has 0 saturated carbocycles. The SMILES string of the molecule is CN(C)CCNC(=O)N[C@@H](C(=O)O)C(C)(C)C. The lowest BCUT2D eigenvalue weighted by Gasteiger charge is -2.27. The third-order valence-electron chi connectivity index (χ3n) is 2.23. The molecule has 0 aromatic carbocycles. The van der Waals surface area contributed by atoms with Crippen LogP contribution in [-0.2, 0) is 4.79 Å². The third kappa shape index (κ3) is 6.78. The number of nitrogens with zero attached hydrogens (tertiary/aromatic N) is 1. The van der Waals surface area contributed by atoms with Crippen LogP contribution in [-0.4, -0.2) is 55.2 Å². The van der Waals surface area contributed by atoms with E-state index >= 15 is 0 Å². The van der Waals surface area contributed by atoms with E-state index in [1.807, 2.05) is 19.0 Å². The predicted octanol–water partition coefficient (Wildman–Crippen LogP) is 0.347. The Hall–Kier alpha value is -1.30. The van der Waals surface area contributed by atoms with Gasteiger partial charge in [0.2, 0.25) is 0 Å². The average Bonchev–Trinajstić information content (AvgIpc) is 2.11. The molecular formula is C11H23N3O3. The summed E-state index contributed by atoms with van der Waals surface area (Å²) >= 11 is 0. The van der Waals surface area contributed by atoms with Crippen molar-refractivity contribution in [1.29, 1.82) is 0 Å². The van der Waals surface area contributed by atoms with E-state index < -0.39 is 23.5 Å². The first kappa shape index (κ1) is 15.7. The van der Waals surface area contributed by atoms with Crippen molar-refractivity contribution < 1.29 is 14.7 Å². The quantitative estimate of drug-likeness (QED) is 0.652. The molecule has 3 N–H and O–H groups in total. The zero-order valence-electron chi connectivity index (χ0n) is 11.2. The van der Waals surface area contributed by atoms with E-state index in [0.29, 0.717) is 13.1 Å². The molecular weight excluding hydrogens is 222 g/mol. The van der Waals surface area contributed by atoms with Crippen molar-refractivity contribution in [2.75, 3.05) is 27.2 Å². The standard InChI is InChI=1S/C11H23N3O3/c1-11(2,3)8(9(15)16)13-10(17)12-6-7-14(4)5/h8H,6-7H2,1-5H3,(H,15,16)(H2,12,13,17)/t8-/m0/s1. The fourth-order valence-corrected chi connectivity index (χ4v) is 1.22. The van der Waals surface area contributed by atoms with E-state index in [1.165, 1.54) is 0 Å². The Morgan fingerprint density at radius 2 is 1.82 bits per heavy atom. The smallest absolute Gasteiger partial charge is 0.326 e. The molecule has 0 aromatic rings. The fourth-order valence-electron chi connectivity index (χ4n) is 1.22. The molecule has 2 amide bonds. The van der Waals surface area contributed by atoms with Gasteiger partial charge in [0.15, 0.2) is 0 Å². The van der Waals surface area contributed by atoms with Gasteiger partial charge in [-0.15, -0.1) is 0 Å². The van der Waals surface area contributed by atoms with Gasteiger partial charge < -0.3 is 20.6 Å². The van der Waals surface area contributed by atoms with Crippen LogP contribution in [0, 0.1) is 5.41 Å². The van der Waals surface area contributed by atoms with E-state index in [4.69, 9.17) is 5.11 Å². The first-order valence-electron chi connectivity index (χ1n) is 5.56. The number of hydrogen-bond donors (Lipinski definition) is 3. The van der Waals surface area contributed by atoms with Crippen LogP contribution in [0.2, 0.25) is 0 Å². The summed E-state index contributed by atoms with van der Waals surface area (Å²) in [5.41, 5.74) is -0.523. The van der Waals surface area contributed by atoms with Crippen molar-refractivity contribution in [1.82, 2.24) is 15.5 Å². The number of nitrogens with one attached hydrogen (secondary N) is 2. The maximum absolute atomic E-state index is 11.5. The summed E-state index contributed by atoms with van der Waals surface area (Å²) in [6.45, 7) is 6.50. The van der Waals surface area contributed by atoms with E-state index in [0.717, 1.165) is 0 Å². The lowest BCUT2D eigenvalue weighted by atomic mass is 9.87. The molecule has 0 rings (SSSR count). The van der Waals surface area contributed by atoms with Gasteiger partial charge in [-0.05, 0) is 19.5 Å². The van der Waals surface area contributed by atoms with E-state index in [-0.39, 0.29) is 0 Å². The molecule has 0 aliphatic rings. The second-order valence-electron chi connectivity index (χ2n) is 5.34. The fraction of sp³-hybridized carbons (Fsp3) is 0.818. The maximum Gasteiger partial charge on any atom is 0.326 e. The van der Waals surface area contributed by atoms with Crippen LogP contribution in [0.5, 0.6) is 0 Å². The van der Waals surface area contributed by atoms with Gasteiger partial charge in [0, 0.05) is 13.1 Å². The van der Waals surface area contributed by atoms with Crippen molar-refractivity contribution in [3.8, 4) is 0 Å². The number of carbonyl (C=O) groups is 2. The molecule has 0 radical (unpaired) electrons. The predicted molar refractivity (Wildman–Crippen MR) is 66.0 cm³/mol. The molecule has 0 spiro atoms. The molecule has 0 bridgehead atoms. The van der Waals surface area contributed by atoms with Crippen molar-refractivity contribution in [2.45, 2.75) is 26.8 Å². The topological polar surface area (TPSA) is 81.7 Å². The van der Waals surface area contributed by atoms with Gasteiger partial charge >= 0.3 is 12.0 Å². The molecule has 100 valence electrons. The molecule has 0 saturated heterocycles. The Labute approximate surface area is 102 Å². The van der Waals surface area contributed by atoms with E-state index in [2.05, 4.69) is 10.6 Å². The summed E-state index contributed by atoms with van der Waals surface area (Å²) in [5, 5.41) is 14.1. The first-order chi connectivity index (χ1) is 7.64. The van der Waals surface area contributed by atoms with Crippen molar-refractivity contribution >= 4 is 12.0 Å². The van der Waals surface area contributed by atoms with Crippen molar-refractivity contribution in [3.63, 3.8) is 0 Å². The normalized spacial score (nSPS) is 13.3. The van der Waals surface area contributed by atoms with Gasteiger partial charge in [-0.2, -0.15) is 0 Å². The number of carboxylic acids is 1. The van der Waals surface area contributed by atoms with Gasteiger partial charge in [-0.1, -0.05) is 20.8 Å². The molecule has 0 heterocycles. The molecule has 1 atom stereocenters. The number of aliphatic carboxylic acids is 1. The number of amides is 2. The van der Waals surface area contributed by atoms with Gasteiger partial charge in [0.25, 0.3) is 0 Å². The number of urea groups is 1. The monoisotopic (exact) mass is 245 g/mol. The number of rotatable bonds is 5. The lowest BCUT2D eigenvalue weighted by Crippen LogP contribution is -2.52. The summed E-state index contributed by atoms with van der Waals surface area (Å²) in [6.07, 6.45) is 0. The summed E-state index contributed by atoms with van der Waals surface area (Å²) < 4.78 is 0. The van der Waals surface area contributed by atoms with Crippen LogP contribution in [0.15, 0.2) is 0 Å². The minimum atomic E-state index is -1.03. The van der Waals surface area contributed by atoms with Crippen LogP contribution in [0.1, 0.15) is 20.8 Å². The molecule has 0 aliphatic heterocycles. The highest BCUT2D eigenvalue weighted by molar-refractivity contribution is 5.83. The number of carboxylic acid groups (broad SMARTS) is 1. The maximum atomic E-state index is 11.5. The van der Waals surface area contributed by atoms with Crippen LogP contribution < -0.4 is 10.6 Å². The van der Waals surface area contributed by atoms with Gasteiger partial charge in [0.1, 0.15) is 6.04 Å². The Morgan fingerprint density at radius 1 is 1.29 bits per heavy atom. The number of hydrogen-bond acceptors (Lipinski definition) is 3. The van der Waals surface area contributed by atoms with E-state index in [9.17, 15) is 9.59 Å². The highest BCUT2D eigenvalue weighted by Crippen LogP contribution is 2.19. The van der Waals surface area contributed by atoms with Gasteiger partial charge in [0.05, 0.1) is 0 Å². The second kappa shape index (κ2) is 6.44. The molecule has 0 fully saturated rings. The summed E-state index contributed by atoms with van der Waals surface area (Å²) in [5.74, 6) is -1.03. The van der Waals surface area contributed by atoms with Crippen LogP contribution >= 0.6 is 0 Å². The average molecular weight is 245 g/mol. The first-order valence-corrected chi connectivity index (χ1v) is 5.56. The van der Waals surface area contributed by atoms with Crippen molar-refractivity contribution in [3.05, 3.63) is 0 Å². The highest BCUT2D eigenvalue weighted by atomic mass is 16.4. The van der Waals surface area contributed by atoms with Crippen LogP contribution in [0.3, 0.4) is 0 Å². The summed E-state index contributed by atoms with van der Waals surface area (Å²) in [7, 11) is 3.80. The zero-order valence-corrected chi connectivity index (χ0v) is 11.2.